The molecule has 10 nitrogen and oxygen atoms in total. The zero-order chi connectivity index (χ0) is 36.7. The molecule has 2 aliphatic rings. The first-order valence-corrected chi connectivity index (χ1v) is 18.8. The quantitative estimate of drug-likeness (QED) is 0.120. The second kappa shape index (κ2) is 17.0. The van der Waals surface area contributed by atoms with Gasteiger partial charge < -0.3 is 18.6 Å². The summed E-state index contributed by atoms with van der Waals surface area (Å²) >= 11 is 12.2. The van der Waals surface area contributed by atoms with E-state index in [0.29, 0.717) is 81.2 Å². The van der Waals surface area contributed by atoms with Gasteiger partial charge in [0.15, 0.2) is 0 Å². The third-order valence-electron chi connectivity index (χ3n) is 11.2. The molecule has 0 saturated carbocycles. The molecule has 2 fully saturated rings. The van der Waals surface area contributed by atoms with Crippen molar-refractivity contribution >= 4 is 46.6 Å². The van der Waals surface area contributed by atoms with E-state index in [0.717, 1.165) is 11.1 Å². The Kier molecular flexibility index (Phi) is 12.3. The molecular formula is C40H44Cl2N4O6. The Morgan fingerprint density at radius 1 is 0.788 bits per heavy atom. The number of amides is 2. The first-order chi connectivity index (χ1) is 25.2. The summed E-state index contributed by atoms with van der Waals surface area (Å²) in [4.78, 5) is 67.1. The predicted octanol–water partition coefficient (Wildman–Crippen LogP) is 7.79. The van der Waals surface area contributed by atoms with Gasteiger partial charge in [0.1, 0.15) is 12.5 Å². The lowest BCUT2D eigenvalue weighted by molar-refractivity contribution is -0.133. The van der Waals surface area contributed by atoms with Crippen molar-refractivity contribution in [2.75, 3.05) is 26.2 Å². The van der Waals surface area contributed by atoms with Gasteiger partial charge in [0.05, 0.1) is 25.2 Å². The van der Waals surface area contributed by atoms with Crippen LogP contribution in [-0.4, -0.2) is 69.3 Å². The molecular weight excluding hydrogens is 703 g/mol. The lowest BCUT2D eigenvalue weighted by atomic mass is 9.62. The van der Waals surface area contributed by atoms with Gasteiger partial charge in [-0.2, -0.15) is 0 Å². The molecule has 2 unspecified atom stereocenters. The Hall–Kier alpha value is -4.28. The number of aromatic nitrogens is 2. The maximum Gasteiger partial charge on any atom is 0.263 e. The van der Waals surface area contributed by atoms with E-state index < -0.39 is 11.3 Å². The molecule has 2 atom stereocenters. The van der Waals surface area contributed by atoms with E-state index in [2.05, 4.69) is 9.97 Å². The van der Waals surface area contributed by atoms with Crippen LogP contribution in [0.1, 0.15) is 84.4 Å². The van der Waals surface area contributed by atoms with E-state index in [4.69, 9.17) is 32.0 Å². The molecule has 2 aliphatic heterocycles. The van der Waals surface area contributed by atoms with Crippen molar-refractivity contribution in [3.8, 4) is 0 Å². The Morgan fingerprint density at radius 3 is 1.96 bits per heavy atom. The van der Waals surface area contributed by atoms with Crippen LogP contribution in [0.15, 0.2) is 82.3 Å². The molecule has 12 heteroatoms. The van der Waals surface area contributed by atoms with E-state index >= 15 is 0 Å². The summed E-state index contributed by atoms with van der Waals surface area (Å²) in [6.45, 7) is 4.11. The maximum atomic E-state index is 14.4. The van der Waals surface area contributed by atoms with Crippen molar-refractivity contribution < 1.29 is 28.0 Å². The van der Waals surface area contributed by atoms with Gasteiger partial charge in [-0.3, -0.25) is 19.2 Å². The van der Waals surface area contributed by atoms with Gasteiger partial charge in [-0.1, -0.05) is 54.4 Å². The Bertz CT molecular complexity index is 1810. The van der Waals surface area contributed by atoms with E-state index in [1.807, 2.05) is 41.0 Å². The first-order valence-electron chi connectivity index (χ1n) is 18.1. The minimum absolute atomic E-state index is 0.0239. The zero-order valence-electron chi connectivity index (χ0n) is 29.3. The summed E-state index contributed by atoms with van der Waals surface area (Å²) in [5.41, 5.74) is 0.898. The van der Waals surface area contributed by atoms with Crippen molar-refractivity contribution in [1.29, 1.82) is 0 Å². The number of hydrogen-bond donors (Lipinski definition) is 0. The zero-order valence-corrected chi connectivity index (χ0v) is 30.9. The summed E-state index contributed by atoms with van der Waals surface area (Å²) in [5.74, 6) is -0.740. The smallest absolute Gasteiger partial charge is 0.263 e. The second-order valence-corrected chi connectivity index (χ2v) is 14.9. The predicted molar refractivity (Wildman–Crippen MR) is 196 cm³/mol. The first kappa shape index (κ1) is 37.5. The highest BCUT2D eigenvalue weighted by atomic mass is 35.5. The van der Waals surface area contributed by atoms with Gasteiger partial charge in [-0.25, -0.2) is 9.97 Å². The van der Waals surface area contributed by atoms with Gasteiger partial charge in [0.2, 0.25) is 23.4 Å². The molecule has 2 aromatic carbocycles. The fourth-order valence-electron chi connectivity index (χ4n) is 8.23. The summed E-state index contributed by atoms with van der Waals surface area (Å²) in [7, 11) is 0. The van der Waals surface area contributed by atoms with Crippen LogP contribution in [-0.2, 0) is 22.4 Å². The van der Waals surface area contributed by atoms with Crippen LogP contribution in [0.3, 0.4) is 0 Å². The third kappa shape index (κ3) is 8.67. The van der Waals surface area contributed by atoms with Crippen molar-refractivity contribution in [3.63, 3.8) is 0 Å². The number of benzene rings is 2. The van der Waals surface area contributed by atoms with E-state index in [9.17, 15) is 19.2 Å². The number of hydrogen-bond acceptors (Lipinski definition) is 8. The van der Waals surface area contributed by atoms with Gasteiger partial charge >= 0.3 is 0 Å². The van der Waals surface area contributed by atoms with Crippen molar-refractivity contribution in [2.24, 2.45) is 23.2 Å². The lowest BCUT2D eigenvalue weighted by Crippen LogP contribution is -2.47. The minimum atomic E-state index is -0.862. The van der Waals surface area contributed by atoms with Crippen LogP contribution in [0.25, 0.3) is 0 Å². The minimum Gasteiger partial charge on any atom is -0.442 e. The second-order valence-electron chi connectivity index (χ2n) is 14.0. The van der Waals surface area contributed by atoms with Crippen LogP contribution in [0.4, 0.5) is 0 Å². The average molecular weight is 748 g/mol. The monoisotopic (exact) mass is 746 g/mol. The van der Waals surface area contributed by atoms with Crippen LogP contribution in [0.5, 0.6) is 0 Å². The molecule has 0 radical (unpaired) electrons. The molecule has 4 aromatic rings. The number of carbonyl (C=O) groups is 4. The largest absolute Gasteiger partial charge is 0.442 e. The highest BCUT2D eigenvalue weighted by Crippen LogP contribution is 2.47. The summed E-state index contributed by atoms with van der Waals surface area (Å²) < 4.78 is 11.1. The third-order valence-corrected chi connectivity index (χ3v) is 11.7. The summed E-state index contributed by atoms with van der Waals surface area (Å²) in [6, 6.07) is 14.6. The SMILES string of the molecule is CCC(CCC(C(=O)c1ncco1)C1CCN(C(=O)Cc2cccc(Cl)c2)CC1)(C(=O)c1ncco1)C1CCN(C(=O)Cc2ccc(Cl)cc2)CC1. The van der Waals surface area contributed by atoms with Crippen molar-refractivity contribution in [1.82, 2.24) is 19.8 Å². The molecule has 0 N–H and O–H groups in total. The molecule has 2 saturated heterocycles. The summed E-state index contributed by atoms with van der Waals surface area (Å²) in [5, 5.41) is 1.22. The molecule has 0 spiro atoms. The van der Waals surface area contributed by atoms with Crippen molar-refractivity contribution in [3.05, 3.63) is 106 Å². The fraction of sp³-hybridized carbons (Fsp3) is 0.450. The number of likely N-dealkylation sites (tertiary alicyclic amines) is 2. The van der Waals surface area contributed by atoms with Crippen molar-refractivity contribution in [2.45, 2.75) is 64.7 Å². The number of piperidine rings is 2. The highest BCUT2D eigenvalue weighted by molar-refractivity contribution is 6.30. The molecule has 0 aliphatic carbocycles. The number of oxazole rings is 2. The fourth-order valence-corrected chi connectivity index (χ4v) is 8.57. The Morgan fingerprint density at radius 2 is 1.38 bits per heavy atom. The standard InChI is InChI=1S/C40H44Cl2N4O6/c1-2-40(37(50)39-44-17-23-52-39,30-13-20-46(21-14-30)34(47)25-27-6-8-31(41)9-7-27)15-10-33(36(49)38-43-16-22-51-38)29-11-18-45(19-12-29)35(48)26-28-4-3-5-32(42)24-28/h3-9,16-17,22-24,29-30,33H,2,10-15,18-21,25-26H2,1H3. The topological polar surface area (TPSA) is 127 Å². The molecule has 2 amide bonds. The van der Waals surface area contributed by atoms with Crippen LogP contribution < -0.4 is 0 Å². The van der Waals surface area contributed by atoms with Crippen LogP contribution >= 0.6 is 23.2 Å². The number of Topliss-reactive ketones (excluding diaryl/α,β-unsaturated/α-hetero) is 2. The molecule has 6 rings (SSSR count). The highest BCUT2D eigenvalue weighted by Gasteiger charge is 2.48. The Balaban J connectivity index is 1.17. The molecule has 0 bridgehead atoms. The Labute approximate surface area is 313 Å². The van der Waals surface area contributed by atoms with Crippen LogP contribution in [0, 0.1) is 23.2 Å². The number of rotatable bonds is 14. The van der Waals surface area contributed by atoms with Crippen LogP contribution in [0.2, 0.25) is 10.0 Å². The average Bonchev–Trinajstić information content (AvgIpc) is 3.91. The molecule has 52 heavy (non-hydrogen) atoms. The van der Waals surface area contributed by atoms with E-state index in [1.165, 1.54) is 24.9 Å². The molecule has 4 heterocycles. The van der Waals surface area contributed by atoms with E-state index in [-0.39, 0.29) is 59.8 Å². The van der Waals surface area contributed by atoms with Gasteiger partial charge in [0, 0.05) is 47.6 Å². The van der Waals surface area contributed by atoms with E-state index in [1.54, 1.807) is 24.3 Å². The van der Waals surface area contributed by atoms with Gasteiger partial charge in [-0.05, 0) is 92.2 Å². The van der Waals surface area contributed by atoms with Gasteiger partial charge in [0.25, 0.3) is 11.8 Å². The molecule has 274 valence electrons. The summed E-state index contributed by atoms with van der Waals surface area (Å²) in [6.07, 6.45) is 10.2. The maximum absolute atomic E-state index is 14.4. The molecule has 2 aromatic heterocycles. The number of halogens is 2. The normalized spacial score (nSPS) is 17.4. The lowest BCUT2D eigenvalue weighted by Gasteiger charge is -2.44. The number of nitrogens with zero attached hydrogens (tertiary/aromatic N) is 4. The number of ketones is 2. The van der Waals surface area contributed by atoms with Gasteiger partial charge in [-0.15, -0.1) is 0 Å². The number of carbonyl (C=O) groups excluding carboxylic acids is 4.